The zero-order valence-corrected chi connectivity index (χ0v) is 18.2. The molecule has 0 atom stereocenters. The number of carbonyl (C=O) groups is 2. The van der Waals surface area contributed by atoms with Gasteiger partial charge in [-0.2, -0.15) is 0 Å². The molecule has 0 aliphatic carbocycles. The number of imidazole rings is 1. The van der Waals surface area contributed by atoms with E-state index in [1.165, 1.54) is 0 Å². The summed E-state index contributed by atoms with van der Waals surface area (Å²) < 4.78 is 7.42. The van der Waals surface area contributed by atoms with Crippen LogP contribution < -0.4 is 10.1 Å². The van der Waals surface area contributed by atoms with Crippen LogP contribution in [0.15, 0.2) is 54.6 Å². The van der Waals surface area contributed by atoms with Crippen LogP contribution in [-0.2, 0) is 22.6 Å². The summed E-state index contributed by atoms with van der Waals surface area (Å²) in [5.41, 5.74) is 1.77. The van der Waals surface area contributed by atoms with Crippen LogP contribution in [0.2, 0.25) is 0 Å². The minimum atomic E-state index is -0.193. The van der Waals surface area contributed by atoms with E-state index in [0.29, 0.717) is 18.7 Å². The number of hydrogen-bond donors (Lipinski definition) is 1. The summed E-state index contributed by atoms with van der Waals surface area (Å²) in [4.78, 5) is 31.3. The molecular formula is C24H30N4O3. The van der Waals surface area contributed by atoms with E-state index in [-0.39, 0.29) is 25.0 Å². The number of ether oxygens (including phenoxy) is 1. The number of rotatable bonds is 11. The minimum Gasteiger partial charge on any atom is -0.484 e. The van der Waals surface area contributed by atoms with E-state index in [1.807, 2.05) is 66.2 Å². The van der Waals surface area contributed by atoms with Gasteiger partial charge in [0.25, 0.3) is 5.91 Å². The van der Waals surface area contributed by atoms with Crippen LogP contribution >= 0.6 is 0 Å². The third-order valence-electron chi connectivity index (χ3n) is 5.08. The predicted molar refractivity (Wildman–Crippen MR) is 121 cm³/mol. The highest BCUT2D eigenvalue weighted by Gasteiger charge is 2.16. The van der Waals surface area contributed by atoms with Crippen molar-refractivity contribution in [3.05, 3.63) is 60.4 Å². The number of amides is 2. The van der Waals surface area contributed by atoms with Gasteiger partial charge in [-0.05, 0) is 30.7 Å². The highest BCUT2D eigenvalue weighted by Crippen LogP contribution is 2.17. The van der Waals surface area contributed by atoms with Gasteiger partial charge in [0.05, 0.1) is 11.0 Å². The number of unbranched alkanes of at least 4 members (excludes halogenated alkanes) is 1. The molecule has 1 N–H and O–H groups in total. The Kier molecular flexibility index (Phi) is 8.04. The van der Waals surface area contributed by atoms with Crippen LogP contribution in [0.3, 0.4) is 0 Å². The maximum Gasteiger partial charge on any atom is 0.257 e. The summed E-state index contributed by atoms with van der Waals surface area (Å²) in [7, 11) is 1.84. The lowest BCUT2D eigenvalue weighted by molar-refractivity contribution is -0.130. The summed E-state index contributed by atoms with van der Waals surface area (Å²) in [5, 5.41) is 2.86. The molecule has 0 saturated heterocycles. The number of nitrogens with one attached hydrogen (secondary N) is 1. The minimum absolute atomic E-state index is 0.0405. The molecule has 0 spiro atoms. The summed E-state index contributed by atoms with van der Waals surface area (Å²) in [6.07, 6.45) is 2.55. The Morgan fingerprint density at radius 1 is 1.10 bits per heavy atom. The van der Waals surface area contributed by atoms with E-state index in [2.05, 4.69) is 17.2 Å². The maximum absolute atomic E-state index is 12.7. The van der Waals surface area contributed by atoms with Crippen LogP contribution in [0, 0.1) is 0 Å². The first-order valence-electron chi connectivity index (χ1n) is 10.7. The largest absolute Gasteiger partial charge is 0.484 e. The second-order valence-corrected chi connectivity index (χ2v) is 7.47. The van der Waals surface area contributed by atoms with Crippen molar-refractivity contribution < 1.29 is 14.3 Å². The Balaban J connectivity index is 1.60. The number of carbonyl (C=O) groups excluding carboxylic acids is 2. The van der Waals surface area contributed by atoms with E-state index < -0.39 is 0 Å². The molecule has 31 heavy (non-hydrogen) atoms. The smallest absolute Gasteiger partial charge is 0.257 e. The first-order chi connectivity index (χ1) is 15.1. The maximum atomic E-state index is 12.7. The van der Waals surface area contributed by atoms with Crippen LogP contribution in [0.5, 0.6) is 5.75 Å². The molecular weight excluding hydrogens is 392 g/mol. The van der Waals surface area contributed by atoms with Crippen LogP contribution in [-0.4, -0.2) is 53.0 Å². The van der Waals surface area contributed by atoms with Crippen molar-refractivity contribution in [3.63, 3.8) is 0 Å². The lowest BCUT2D eigenvalue weighted by Crippen LogP contribution is -2.33. The average molecular weight is 423 g/mol. The van der Waals surface area contributed by atoms with Crippen molar-refractivity contribution in [1.29, 1.82) is 0 Å². The second-order valence-electron chi connectivity index (χ2n) is 7.47. The summed E-state index contributed by atoms with van der Waals surface area (Å²) in [5.74, 6) is 1.30. The zero-order valence-electron chi connectivity index (χ0n) is 18.2. The molecule has 164 valence electrons. The van der Waals surface area contributed by atoms with Gasteiger partial charge in [0.2, 0.25) is 5.91 Å². The van der Waals surface area contributed by atoms with E-state index in [0.717, 1.165) is 36.2 Å². The SMILES string of the molecule is CCCCN(C)C(=O)Cn1c(CCNC(=O)COc2ccccc2)nc2ccccc21. The third-order valence-corrected chi connectivity index (χ3v) is 5.08. The summed E-state index contributed by atoms with van der Waals surface area (Å²) in [6.45, 7) is 3.47. The van der Waals surface area contributed by atoms with Gasteiger partial charge in [0.1, 0.15) is 18.1 Å². The number of hydrogen-bond acceptors (Lipinski definition) is 4. The molecule has 1 heterocycles. The van der Waals surface area contributed by atoms with Crippen LogP contribution in [0.1, 0.15) is 25.6 Å². The van der Waals surface area contributed by atoms with Crippen LogP contribution in [0.4, 0.5) is 0 Å². The van der Waals surface area contributed by atoms with Crippen molar-refractivity contribution in [2.45, 2.75) is 32.7 Å². The Hall–Kier alpha value is -3.35. The first-order valence-corrected chi connectivity index (χ1v) is 10.7. The van der Waals surface area contributed by atoms with Crippen molar-refractivity contribution in [2.24, 2.45) is 0 Å². The lowest BCUT2D eigenvalue weighted by Gasteiger charge is -2.18. The number of nitrogens with zero attached hydrogens (tertiary/aromatic N) is 3. The highest BCUT2D eigenvalue weighted by atomic mass is 16.5. The molecule has 3 rings (SSSR count). The number of aromatic nitrogens is 2. The van der Waals surface area contributed by atoms with E-state index in [1.54, 1.807) is 4.90 Å². The lowest BCUT2D eigenvalue weighted by atomic mass is 10.3. The standard InChI is InChI=1S/C24H30N4O3/c1-3-4-16-27(2)24(30)17-28-21-13-9-8-12-20(21)26-22(28)14-15-25-23(29)18-31-19-10-6-5-7-11-19/h5-13H,3-4,14-18H2,1-2H3,(H,25,29). The average Bonchev–Trinajstić information content (AvgIpc) is 3.14. The van der Waals surface area contributed by atoms with E-state index >= 15 is 0 Å². The molecule has 0 unspecified atom stereocenters. The van der Waals surface area contributed by atoms with E-state index in [4.69, 9.17) is 4.74 Å². The molecule has 0 fully saturated rings. The Morgan fingerprint density at radius 3 is 2.61 bits per heavy atom. The topological polar surface area (TPSA) is 76.5 Å². The van der Waals surface area contributed by atoms with Gasteiger partial charge in [0.15, 0.2) is 6.61 Å². The summed E-state index contributed by atoms with van der Waals surface area (Å²) in [6, 6.07) is 17.0. The second kappa shape index (κ2) is 11.2. The van der Waals surface area contributed by atoms with E-state index in [9.17, 15) is 9.59 Å². The predicted octanol–water partition coefficient (Wildman–Crippen LogP) is 3.03. The Morgan fingerprint density at radius 2 is 1.84 bits per heavy atom. The summed E-state index contributed by atoms with van der Waals surface area (Å²) >= 11 is 0. The number of para-hydroxylation sites is 3. The molecule has 1 aromatic heterocycles. The fraction of sp³-hybridized carbons (Fsp3) is 0.375. The molecule has 0 bridgehead atoms. The van der Waals surface area contributed by atoms with Gasteiger partial charge in [-0.15, -0.1) is 0 Å². The van der Waals surface area contributed by atoms with Crippen molar-refractivity contribution in [1.82, 2.24) is 19.8 Å². The van der Waals surface area contributed by atoms with Gasteiger partial charge >= 0.3 is 0 Å². The normalized spacial score (nSPS) is 10.8. The number of fused-ring (bicyclic) bond motifs is 1. The molecule has 0 aliphatic rings. The third kappa shape index (κ3) is 6.31. The monoisotopic (exact) mass is 422 g/mol. The highest BCUT2D eigenvalue weighted by molar-refractivity contribution is 5.81. The molecule has 7 heteroatoms. The van der Waals surface area contributed by atoms with Gasteiger partial charge in [-0.3, -0.25) is 9.59 Å². The number of benzene rings is 2. The molecule has 2 aromatic carbocycles. The van der Waals surface area contributed by atoms with Gasteiger partial charge in [-0.25, -0.2) is 4.98 Å². The van der Waals surface area contributed by atoms with Crippen molar-refractivity contribution in [3.8, 4) is 5.75 Å². The van der Waals surface area contributed by atoms with Gasteiger partial charge in [0, 0.05) is 26.6 Å². The zero-order chi connectivity index (χ0) is 22.1. The van der Waals surface area contributed by atoms with Crippen molar-refractivity contribution >= 4 is 22.8 Å². The fourth-order valence-electron chi connectivity index (χ4n) is 3.30. The Labute approximate surface area is 183 Å². The molecule has 2 amide bonds. The quantitative estimate of drug-likeness (QED) is 0.515. The van der Waals surface area contributed by atoms with Crippen molar-refractivity contribution in [2.75, 3.05) is 26.7 Å². The van der Waals surface area contributed by atoms with Gasteiger partial charge < -0.3 is 19.5 Å². The molecule has 7 nitrogen and oxygen atoms in total. The Bertz CT molecular complexity index is 1000. The first kappa shape index (κ1) is 22.3. The molecule has 0 radical (unpaired) electrons. The fourth-order valence-corrected chi connectivity index (χ4v) is 3.30. The molecule has 3 aromatic rings. The molecule has 0 aliphatic heterocycles. The number of likely N-dealkylation sites (N-methyl/N-ethyl adjacent to an activating group) is 1. The molecule has 0 saturated carbocycles. The van der Waals surface area contributed by atoms with Gasteiger partial charge in [-0.1, -0.05) is 43.7 Å². The van der Waals surface area contributed by atoms with Crippen LogP contribution in [0.25, 0.3) is 11.0 Å².